The van der Waals surface area contributed by atoms with E-state index in [-0.39, 0.29) is 24.3 Å². The lowest BCUT2D eigenvalue weighted by molar-refractivity contribution is -0.120. The van der Waals surface area contributed by atoms with Crippen molar-refractivity contribution < 1.29 is 14.3 Å². The molecular weight excluding hydrogens is 436 g/mol. The van der Waals surface area contributed by atoms with E-state index in [1.807, 2.05) is 36.4 Å². The van der Waals surface area contributed by atoms with Gasteiger partial charge in [-0.2, -0.15) is 0 Å². The molecule has 1 aliphatic heterocycles. The van der Waals surface area contributed by atoms with Crippen molar-refractivity contribution in [2.45, 2.75) is 25.3 Å². The summed E-state index contributed by atoms with van der Waals surface area (Å²) in [5.74, 6) is 0.522. The summed E-state index contributed by atoms with van der Waals surface area (Å²) in [6, 6.07) is 17.0. The number of hydrogen-bond donors (Lipinski definition) is 2. The van der Waals surface area contributed by atoms with Gasteiger partial charge in [-0.25, -0.2) is 4.98 Å². The van der Waals surface area contributed by atoms with Crippen LogP contribution in [0.5, 0.6) is 5.75 Å². The minimum absolute atomic E-state index is 0.0590. The van der Waals surface area contributed by atoms with Crippen LogP contribution >= 0.6 is 11.3 Å². The van der Waals surface area contributed by atoms with Crippen LogP contribution in [0.1, 0.15) is 40.5 Å². The summed E-state index contributed by atoms with van der Waals surface area (Å²) in [5.41, 5.74) is 2.29. The summed E-state index contributed by atoms with van der Waals surface area (Å²) < 4.78 is 5.57. The third-order valence-corrected chi connectivity index (χ3v) is 6.53. The van der Waals surface area contributed by atoms with Gasteiger partial charge < -0.3 is 10.1 Å². The number of carbonyl (C=O) groups is 2. The molecule has 1 aromatic heterocycles. The van der Waals surface area contributed by atoms with Crippen molar-refractivity contribution in [2.24, 2.45) is 0 Å². The van der Waals surface area contributed by atoms with E-state index in [0.29, 0.717) is 22.9 Å². The van der Waals surface area contributed by atoms with E-state index in [1.54, 1.807) is 24.6 Å². The molecule has 2 N–H and O–H groups in total. The number of nitrogens with one attached hydrogen (secondary N) is 2. The number of nitrogens with zero attached hydrogens (tertiary/aromatic N) is 2. The molecule has 0 radical (unpaired) electrons. The van der Waals surface area contributed by atoms with Crippen LogP contribution in [0.2, 0.25) is 0 Å². The molecule has 1 saturated heterocycles. The van der Waals surface area contributed by atoms with Crippen LogP contribution in [0.3, 0.4) is 0 Å². The lowest BCUT2D eigenvalue weighted by Crippen LogP contribution is -2.37. The fraction of sp³-hybridized carbons (Fsp3) is 0.320. The highest BCUT2D eigenvalue weighted by Crippen LogP contribution is 2.31. The second kappa shape index (κ2) is 11.1. The maximum Gasteiger partial charge on any atom is 0.257 e. The van der Waals surface area contributed by atoms with Crippen molar-refractivity contribution >= 4 is 28.3 Å². The van der Waals surface area contributed by atoms with Gasteiger partial charge in [0.05, 0.1) is 25.3 Å². The Morgan fingerprint density at radius 3 is 2.58 bits per heavy atom. The quantitative estimate of drug-likeness (QED) is 0.502. The van der Waals surface area contributed by atoms with Crippen LogP contribution in [0.4, 0.5) is 5.13 Å². The first kappa shape index (κ1) is 22.9. The van der Waals surface area contributed by atoms with E-state index in [9.17, 15) is 9.59 Å². The molecule has 8 heteroatoms. The lowest BCUT2D eigenvalue weighted by Gasteiger charge is -2.29. The van der Waals surface area contributed by atoms with Gasteiger partial charge in [0.25, 0.3) is 5.91 Å². The van der Waals surface area contributed by atoms with E-state index >= 15 is 0 Å². The molecular formula is C25H28N4O3S. The SMILES string of the molecule is COc1ccccc1[C@@H](CNC(=O)Cc1csc(NC(=O)c2ccccc2)n1)N1CCCC1. The fourth-order valence-electron chi connectivity index (χ4n) is 4.07. The number of amides is 2. The van der Waals surface area contributed by atoms with Crippen LogP contribution in [-0.4, -0.2) is 48.4 Å². The Kier molecular flexibility index (Phi) is 7.70. The molecule has 0 spiro atoms. The molecule has 172 valence electrons. The Balaban J connectivity index is 1.35. The Bertz CT molecular complexity index is 1080. The van der Waals surface area contributed by atoms with Crippen molar-refractivity contribution in [1.82, 2.24) is 15.2 Å². The van der Waals surface area contributed by atoms with Gasteiger partial charge in [0.2, 0.25) is 5.91 Å². The number of anilines is 1. The number of rotatable bonds is 9. The van der Waals surface area contributed by atoms with Crippen LogP contribution in [0, 0.1) is 0 Å². The third kappa shape index (κ3) is 5.97. The topological polar surface area (TPSA) is 83.6 Å². The van der Waals surface area contributed by atoms with Gasteiger partial charge in [0.15, 0.2) is 5.13 Å². The largest absolute Gasteiger partial charge is 0.496 e. The molecule has 1 aliphatic rings. The molecule has 0 bridgehead atoms. The van der Waals surface area contributed by atoms with E-state index in [1.165, 1.54) is 11.3 Å². The van der Waals surface area contributed by atoms with Crippen molar-refractivity contribution in [2.75, 3.05) is 32.1 Å². The number of para-hydroxylation sites is 1. The summed E-state index contributed by atoms with van der Waals surface area (Å²) in [5, 5.41) is 8.15. The number of ether oxygens (including phenoxy) is 1. The first-order valence-electron chi connectivity index (χ1n) is 11.1. The van der Waals surface area contributed by atoms with E-state index in [2.05, 4.69) is 26.6 Å². The molecule has 2 heterocycles. The Morgan fingerprint density at radius 2 is 1.82 bits per heavy atom. The standard InChI is InChI=1S/C25H28N4O3S/c1-32-22-12-6-5-11-20(22)21(29-13-7-8-14-29)16-26-23(30)15-19-17-33-25(27-19)28-24(31)18-9-3-2-4-10-18/h2-6,9-12,17,21H,7-8,13-16H2,1H3,(H,26,30)(H,27,28,31)/t21-/m1/s1. The molecule has 0 unspecified atom stereocenters. The Morgan fingerprint density at radius 1 is 1.09 bits per heavy atom. The second-order valence-electron chi connectivity index (χ2n) is 7.95. The van der Waals surface area contributed by atoms with Gasteiger partial charge in [-0.15, -0.1) is 11.3 Å². The van der Waals surface area contributed by atoms with Gasteiger partial charge in [0.1, 0.15) is 5.75 Å². The Labute approximate surface area is 197 Å². The number of thiazole rings is 1. The second-order valence-corrected chi connectivity index (χ2v) is 8.80. The third-order valence-electron chi connectivity index (χ3n) is 5.72. The summed E-state index contributed by atoms with van der Waals surface area (Å²) in [6.45, 7) is 2.52. The lowest BCUT2D eigenvalue weighted by atomic mass is 10.0. The van der Waals surface area contributed by atoms with Crippen molar-refractivity contribution in [1.29, 1.82) is 0 Å². The predicted molar refractivity (Wildman–Crippen MR) is 130 cm³/mol. The van der Waals surface area contributed by atoms with Gasteiger partial charge in [-0.05, 0) is 44.1 Å². The van der Waals surface area contributed by atoms with Gasteiger partial charge >= 0.3 is 0 Å². The molecule has 7 nitrogen and oxygen atoms in total. The predicted octanol–water partition coefficient (Wildman–Crippen LogP) is 3.90. The number of carbonyl (C=O) groups excluding carboxylic acids is 2. The van der Waals surface area contributed by atoms with Crippen molar-refractivity contribution in [3.05, 3.63) is 76.8 Å². The van der Waals surface area contributed by atoms with E-state index < -0.39 is 0 Å². The molecule has 0 saturated carbocycles. The normalized spacial score (nSPS) is 14.6. The van der Waals surface area contributed by atoms with E-state index in [0.717, 1.165) is 37.2 Å². The summed E-state index contributed by atoms with van der Waals surface area (Å²) >= 11 is 1.31. The monoisotopic (exact) mass is 464 g/mol. The number of hydrogen-bond acceptors (Lipinski definition) is 6. The molecule has 2 amide bonds. The van der Waals surface area contributed by atoms with Gasteiger partial charge in [0, 0.05) is 23.1 Å². The maximum absolute atomic E-state index is 12.7. The average molecular weight is 465 g/mol. The number of methoxy groups -OCH3 is 1. The van der Waals surface area contributed by atoms with E-state index in [4.69, 9.17) is 4.74 Å². The number of benzene rings is 2. The molecule has 3 aromatic rings. The zero-order valence-electron chi connectivity index (χ0n) is 18.6. The minimum Gasteiger partial charge on any atom is -0.496 e. The zero-order valence-corrected chi connectivity index (χ0v) is 19.4. The maximum atomic E-state index is 12.7. The van der Waals surface area contributed by atoms with Crippen LogP contribution in [0.15, 0.2) is 60.0 Å². The molecule has 2 aromatic carbocycles. The molecule has 4 rings (SSSR count). The first-order chi connectivity index (χ1) is 16.1. The first-order valence-corrected chi connectivity index (χ1v) is 12.0. The van der Waals surface area contributed by atoms with Crippen molar-refractivity contribution in [3.63, 3.8) is 0 Å². The highest BCUT2D eigenvalue weighted by atomic mass is 32.1. The minimum atomic E-state index is -0.216. The molecule has 1 atom stereocenters. The van der Waals surface area contributed by atoms with Crippen LogP contribution < -0.4 is 15.4 Å². The summed E-state index contributed by atoms with van der Waals surface area (Å²) in [4.78, 5) is 31.8. The van der Waals surface area contributed by atoms with Crippen molar-refractivity contribution in [3.8, 4) is 5.75 Å². The van der Waals surface area contributed by atoms with Gasteiger partial charge in [-0.3, -0.25) is 19.8 Å². The number of aromatic nitrogens is 1. The van der Waals surface area contributed by atoms with Crippen LogP contribution in [0.25, 0.3) is 0 Å². The molecule has 1 fully saturated rings. The smallest absolute Gasteiger partial charge is 0.257 e. The molecule has 33 heavy (non-hydrogen) atoms. The number of likely N-dealkylation sites (tertiary alicyclic amines) is 1. The zero-order chi connectivity index (χ0) is 23.0. The fourth-order valence-corrected chi connectivity index (χ4v) is 4.78. The molecule has 0 aliphatic carbocycles. The average Bonchev–Trinajstić information content (AvgIpc) is 3.53. The highest BCUT2D eigenvalue weighted by Gasteiger charge is 2.26. The highest BCUT2D eigenvalue weighted by molar-refractivity contribution is 7.14. The van der Waals surface area contributed by atoms with Crippen LogP contribution in [-0.2, 0) is 11.2 Å². The Hall–Kier alpha value is -3.23. The van der Waals surface area contributed by atoms with Gasteiger partial charge in [-0.1, -0.05) is 36.4 Å². The summed E-state index contributed by atoms with van der Waals surface area (Å²) in [6.07, 6.45) is 2.49. The summed E-state index contributed by atoms with van der Waals surface area (Å²) in [7, 11) is 1.68.